The summed E-state index contributed by atoms with van der Waals surface area (Å²) in [7, 11) is 2.02. The Balaban J connectivity index is 1.62. The van der Waals surface area contributed by atoms with Gasteiger partial charge in [-0.1, -0.05) is 36.4 Å². The van der Waals surface area contributed by atoms with E-state index in [0.717, 1.165) is 13.1 Å². The third-order valence-corrected chi connectivity index (χ3v) is 5.73. The number of nitrogens with zero attached hydrogens (tertiary/aromatic N) is 2. The summed E-state index contributed by atoms with van der Waals surface area (Å²) in [6, 6.07) is 19.1. The molecule has 180 valence electrons. The van der Waals surface area contributed by atoms with Gasteiger partial charge in [0.05, 0.1) is 17.7 Å². The van der Waals surface area contributed by atoms with Crippen LogP contribution in [-0.2, 0) is 0 Å². The Bertz CT molecular complexity index is 1210. The van der Waals surface area contributed by atoms with Crippen LogP contribution >= 0.6 is 0 Å². The highest BCUT2D eigenvalue weighted by Gasteiger charge is 2.26. The van der Waals surface area contributed by atoms with Crippen LogP contribution < -0.4 is 9.47 Å². The van der Waals surface area contributed by atoms with Crippen molar-refractivity contribution in [2.24, 2.45) is 0 Å². The number of esters is 2. The number of rotatable bonds is 7. The maximum atomic E-state index is 13.2. The van der Waals surface area contributed by atoms with E-state index in [-0.39, 0.29) is 29.2 Å². The molecule has 0 bridgehead atoms. The number of carbonyl (C=O) groups excluding carboxylic acids is 3. The van der Waals surface area contributed by atoms with Crippen LogP contribution in [0.5, 0.6) is 17.2 Å². The van der Waals surface area contributed by atoms with Gasteiger partial charge in [-0.15, -0.1) is 0 Å². The Labute approximate surface area is 203 Å². The monoisotopic (exact) mass is 474 g/mol. The highest BCUT2D eigenvalue weighted by Crippen LogP contribution is 2.35. The second-order valence-electron chi connectivity index (χ2n) is 8.33. The first-order chi connectivity index (χ1) is 16.9. The number of phenols is 1. The van der Waals surface area contributed by atoms with Crippen molar-refractivity contribution in [3.63, 3.8) is 0 Å². The molecule has 0 aromatic heterocycles. The molecule has 0 radical (unpaired) electrons. The van der Waals surface area contributed by atoms with Crippen molar-refractivity contribution in [3.05, 3.63) is 89.5 Å². The first kappa shape index (κ1) is 24.1. The van der Waals surface area contributed by atoms with Crippen LogP contribution in [0.4, 0.5) is 0 Å². The van der Waals surface area contributed by atoms with E-state index < -0.39 is 23.5 Å². The van der Waals surface area contributed by atoms with E-state index in [1.807, 2.05) is 11.9 Å². The zero-order valence-corrected chi connectivity index (χ0v) is 19.3. The maximum absolute atomic E-state index is 13.2. The predicted molar refractivity (Wildman–Crippen MR) is 129 cm³/mol. The number of hydrogen-bond acceptors (Lipinski definition) is 8. The lowest BCUT2D eigenvalue weighted by atomic mass is 10.1. The van der Waals surface area contributed by atoms with Crippen LogP contribution in [-0.4, -0.2) is 72.4 Å². The summed E-state index contributed by atoms with van der Waals surface area (Å²) in [5, 5.41) is 10.8. The number of aromatic hydroxyl groups is 1. The van der Waals surface area contributed by atoms with Gasteiger partial charge in [0.15, 0.2) is 5.78 Å². The second kappa shape index (κ2) is 10.9. The van der Waals surface area contributed by atoms with Gasteiger partial charge in [0.25, 0.3) is 0 Å². The molecule has 0 spiro atoms. The minimum atomic E-state index is -0.704. The highest BCUT2D eigenvalue weighted by atomic mass is 16.5. The fourth-order valence-electron chi connectivity index (χ4n) is 3.76. The smallest absolute Gasteiger partial charge is 0.343 e. The van der Waals surface area contributed by atoms with Gasteiger partial charge < -0.3 is 19.5 Å². The summed E-state index contributed by atoms with van der Waals surface area (Å²) >= 11 is 0. The van der Waals surface area contributed by atoms with Crippen molar-refractivity contribution in [1.82, 2.24) is 9.80 Å². The van der Waals surface area contributed by atoms with Crippen molar-refractivity contribution in [2.75, 3.05) is 39.8 Å². The van der Waals surface area contributed by atoms with Crippen LogP contribution in [0, 0.1) is 0 Å². The number of likely N-dealkylation sites (N-methyl/N-ethyl adjacent to an activating group) is 1. The van der Waals surface area contributed by atoms with E-state index in [4.69, 9.17) is 9.47 Å². The number of ether oxygens (including phenoxy) is 2. The Hall–Kier alpha value is -4.01. The third-order valence-electron chi connectivity index (χ3n) is 5.73. The Morgan fingerprint density at radius 3 is 1.91 bits per heavy atom. The van der Waals surface area contributed by atoms with Gasteiger partial charge in [-0.25, -0.2) is 9.59 Å². The van der Waals surface area contributed by atoms with E-state index >= 15 is 0 Å². The number of hydrogen-bond donors (Lipinski definition) is 1. The van der Waals surface area contributed by atoms with Gasteiger partial charge in [-0.3, -0.25) is 9.69 Å². The van der Waals surface area contributed by atoms with Crippen LogP contribution in [0.25, 0.3) is 0 Å². The maximum Gasteiger partial charge on any atom is 0.343 e. The molecule has 1 heterocycles. The summed E-state index contributed by atoms with van der Waals surface area (Å²) in [5.74, 6) is -2.41. The van der Waals surface area contributed by atoms with Gasteiger partial charge in [-0.05, 0) is 31.3 Å². The molecule has 8 heteroatoms. The molecule has 0 atom stereocenters. The lowest BCUT2D eigenvalue weighted by molar-refractivity contribution is 0.0729. The molecule has 1 N–H and O–H groups in total. The molecule has 1 aliphatic rings. The average molecular weight is 475 g/mol. The number of benzene rings is 3. The molecule has 3 aromatic rings. The molecule has 35 heavy (non-hydrogen) atoms. The molecule has 8 nitrogen and oxygen atoms in total. The van der Waals surface area contributed by atoms with Crippen LogP contribution in [0.3, 0.4) is 0 Å². The molecule has 0 amide bonds. The molecular formula is C27H26N2O6. The molecule has 1 aliphatic heterocycles. The zero-order valence-electron chi connectivity index (χ0n) is 19.3. The Morgan fingerprint density at radius 2 is 1.34 bits per heavy atom. The number of ketones is 1. The number of phenolic OH excluding ortho intramolecular Hbond substituents is 1. The van der Waals surface area contributed by atoms with Crippen LogP contribution in [0.1, 0.15) is 31.1 Å². The second-order valence-corrected chi connectivity index (χ2v) is 8.33. The fourth-order valence-corrected chi connectivity index (χ4v) is 3.76. The summed E-state index contributed by atoms with van der Waals surface area (Å²) in [4.78, 5) is 42.6. The summed E-state index contributed by atoms with van der Waals surface area (Å²) < 4.78 is 10.9. The van der Waals surface area contributed by atoms with E-state index in [9.17, 15) is 19.5 Å². The number of Topliss-reactive ketones (excluding diaryl/α,β-unsaturated/α-hetero) is 1. The standard InChI is InChI=1S/C27H26N2O6/c1-28-12-14-29(15-13-28)18-23(31)25-22(30)16-21(34-26(32)19-8-4-2-5-9-19)17-24(25)35-27(33)20-10-6-3-7-11-20/h2-11,16-17,30H,12-15,18H2,1H3. The molecule has 1 fully saturated rings. The molecule has 3 aromatic carbocycles. The van der Waals surface area contributed by atoms with E-state index in [0.29, 0.717) is 18.7 Å². The van der Waals surface area contributed by atoms with Crippen molar-refractivity contribution >= 4 is 17.7 Å². The lowest BCUT2D eigenvalue weighted by Gasteiger charge is -2.31. The molecule has 0 aliphatic carbocycles. The quantitative estimate of drug-likeness (QED) is 0.317. The topological polar surface area (TPSA) is 96.4 Å². The SMILES string of the molecule is CN1CCN(CC(=O)c2c(O)cc(OC(=O)c3ccccc3)cc2OC(=O)c2ccccc2)CC1. The van der Waals surface area contributed by atoms with E-state index in [1.165, 1.54) is 12.1 Å². The minimum Gasteiger partial charge on any atom is -0.507 e. The summed E-state index contributed by atoms with van der Waals surface area (Å²) in [5.41, 5.74) is 0.453. The fraction of sp³-hybridized carbons (Fsp3) is 0.222. The predicted octanol–water partition coefficient (Wildman–Crippen LogP) is 3.26. The first-order valence-electron chi connectivity index (χ1n) is 11.3. The van der Waals surface area contributed by atoms with Gasteiger partial charge >= 0.3 is 11.9 Å². The molecule has 0 unspecified atom stereocenters. The largest absolute Gasteiger partial charge is 0.507 e. The van der Waals surface area contributed by atoms with Crippen LogP contribution in [0.2, 0.25) is 0 Å². The Kier molecular flexibility index (Phi) is 7.54. The van der Waals surface area contributed by atoms with Crippen molar-refractivity contribution in [3.8, 4) is 17.2 Å². The lowest BCUT2D eigenvalue weighted by Crippen LogP contribution is -2.46. The molecule has 4 rings (SSSR count). The minimum absolute atomic E-state index is 0.0524. The third kappa shape index (κ3) is 6.11. The summed E-state index contributed by atoms with van der Waals surface area (Å²) in [6.45, 7) is 3.11. The summed E-state index contributed by atoms with van der Waals surface area (Å²) in [6.07, 6.45) is 0. The van der Waals surface area contributed by atoms with Crippen molar-refractivity contribution < 1.29 is 29.0 Å². The molecule has 0 saturated carbocycles. The number of piperazine rings is 1. The highest BCUT2D eigenvalue weighted by molar-refractivity contribution is 6.04. The van der Waals surface area contributed by atoms with Crippen molar-refractivity contribution in [2.45, 2.75) is 0 Å². The molecular weight excluding hydrogens is 448 g/mol. The van der Waals surface area contributed by atoms with E-state index in [2.05, 4.69) is 4.90 Å². The van der Waals surface area contributed by atoms with Crippen molar-refractivity contribution in [1.29, 1.82) is 0 Å². The average Bonchev–Trinajstić information content (AvgIpc) is 2.86. The van der Waals surface area contributed by atoms with Gasteiger partial charge in [0, 0.05) is 38.3 Å². The number of carbonyl (C=O) groups is 3. The zero-order chi connectivity index (χ0) is 24.8. The first-order valence-corrected chi connectivity index (χ1v) is 11.3. The van der Waals surface area contributed by atoms with Gasteiger partial charge in [-0.2, -0.15) is 0 Å². The molecule has 1 saturated heterocycles. The van der Waals surface area contributed by atoms with Crippen LogP contribution in [0.15, 0.2) is 72.8 Å². The Morgan fingerprint density at radius 1 is 0.800 bits per heavy atom. The normalized spacial score (nSPS) is 14.3. The van der Waals surface area contributed by atoms with Gasteiger partial charge in [0.1, 0.15) is 22.8 Å². The van der Waals surface area contributed by atoms with Gasteiger partial charge in [0.2, 0.25) is 0 Å². The van der Waals surface area contributed by atoms with E-state index in [1.54, 1.807) is 60.7 Å².